The summed E-state index contributed by atoms with van der Waals surface area (Å²) in [6, 6.07) is 14.2. The fraction of sp³-hybridized carbons (Fsp3) is 0. The Morgan fingerprint density at radius 3 is 2.67 bits per heavy atom. The minimum absolute atomic E-state index is 0.892. The molecule has 0 spiro atoms. The lowest BCUT2D eigenvalue weighted by atomic mass is 10.1. The first-order valence-electron chi connectivity index (χ1n) is 4.79. The van der Waals surface area contributed by atoms with Gasteiger partial charge in [0.1, 0.15) is 6.33 Å². The van der Waals surface area contributed by atoms with Gasteiger partial charge in [-0.2, -0.15) is 5.10 Å². The lowest BCUT2D eigenvalue weighted by Crippen LogP contribution is -1.88. The molecule has 0 aliphatic rings. The Labute approximate surface area is 87.0 Å². The lowest BCUT2D eigenvalue weighted by molar-refractivity contribution is 0.962. The molecule has 3 heteroatoms. The van der Waals surface area contributed by atoms with Crippen molar-refractivity contribution in [2.45, 2.75) is 0 Å². The van der Waals surface area contributed by atoms with Crippen LogP contribution in [0.15, 0.2) is 55.0 Å². The molecule has 0 aliphatic carbocycles. The van der Waals surface area contributed by atoms with Crippen LogP contribution in [0.4, 0.5) is 0 Å². The molecule has 3 nitrogen and oxygen atoms in total. The number of hydrogen-bond donors (Lipinski definition) is 0. The van der Waals surface area contributed by atoms with Gasteiger partial charge in [0.2, 0.25) is 0 Å². The lowest BCUT2D eigenvalue weighted by Gasteiger charge is -2.01. The average molecular weight is 195 g/mol. The predicted octanol–water partition coefficient (Wildman–Crippen LogP) is 2.40. The second-order valence-corrected chi connectivity index (χ2v) is 3.32. The molecule has 0 unspecified atom stereocenters. The van der Waals surface area contributed by atoms with Gasteiger partial charge in [-0.3, -0.25) is 0 Å². The maximum atomic E-state index is 4.25. The van der Waals surface area contributed by atoms with E-state index in [4.69, 9.17) is 0 Å². The van der Waals surface area contributed by atoms with Crippen LogP contribution in [0.2, 0.25) is 0 Å². The first-order chi connectivity index (χ1) is 7.45. The second kappa shape index (κ2) is 3.20. The van der Waals surface area contributed by atoms with E-state index in [0.717, 1.165) is 16.8 Å². The van der Waals surface area contributed by atoms with Gasteiger partial charge in [0.25, 0.3) is 0 Å². The number of fused-ring (bicyclic) bond motifs is 1. The Bertz CT molecular complexity index is 584. The van der Waals surface area contributed by atoms with Crippen LogP contribution < -0.4 is 0 Å². The van der Waals surface area contributed by atoms with Gasteiger partial charge in [-0.05, 0) is 17.7 Å². The molecule has 2 aromatic heterocycles. The van der Waals surface area contributed by atoms with Crippen molar-refractivity contribution in [1.82, 2.24) is 14.6 Å². The summed E-state index contributed by atoms with van der Waals surface area (Å²) in [6.07, 6.45) is 3.47. The van der Waals surface area contributed by atoms with Crippen molar-refractivity contribution >= 4 is 5.65 Å². The highest BCUT2D eigenvalue weighted by Gasteiger charge is 2.03. The maximum Gasteiger partial charge on any atom is 0.163 e. The summed E-state index contributed by atoms with van der Waals surface area (Å²) >= 11 is 0. The van der Waals surface area contributed by atoms with E-state index >= 15 is 0 Å². The van der Waals surface area contributed by atoms with E-state index in [1.807, 2.05) is 30.5 Å². The van der Waals surface area contributed by atoms with Crippen LogP contribution in [0, 0.1) is 0 Å². The molecule has 0 aliphatic heterocycles. The molecule has 0 saturated carbocycles. The number of hydrogen-bond acceptors (Lipinski definition) is 2. The van der Waals surface area contributed by atoms with Crippen molar-refractivity contribution in [2.24, 2.45) is 0 Å². The van der Waals surface area contributed by atoms with Gasteiger partial charge in [0, 0.05) is 11.8 Å². The Kier molecular flexibility index (Phi) is 1.75. The van der Waals surface area contributed by atoms with Crippen LogP contribution in [-0.4, -0.2) is 14.6 Å². The maximum absolute atomic E-state index is 4.25. The van der Waals surface area contributed by atoms with E-state index < -0.39 is 0 Å². The van der Waals surface area contributed by atoms with Gasteiger partial charge >= 0.3 is 0 Å². The summed E-state index contributed by atoms with van der Waals surface area (Å²) in [6.45, 7) is 0. The monoisotopic (exact) mass is 195 g/mol. The zero-order valence-electron chi connectivity index (χ0n) is 8.04. The summed E-state index contributed by atoms with van der Waals surface area (Å²) in [7, 11) is 0. The van der Waals surface area contributed by atoms with E-state index in [-0.39, 0.29) is 0 Å². The van der Waals surface area contributed by atoms with Crippen molar-refractivity contribution in [2.75, 3.05) is 0 Å². The Morgan fingerprint density at radius 1 is 0.933 bits per heavy atom. The molecule has 0 saturated heterocycles. The summed E-state index contributed by atoms with van der Waals surface area (Å²) in [5.74, 6) is 0. The van der Waals surface area contributed by atoms with Crippen molar-refractivity contribution in [3.63, 3.8) is 0 Å². The molecule has 0 fully saturated rings. The summed E-state index contributed by atoms with van der Waals surface area (Å²) in [4.78, 5) is 4.25. The number of aromatic nitrogens is 3. The number of nitrogens with zero attached hydrogens (tertiary/aromatic N) is 3. The van der Waals surface area contributed by atoms with E-state index in [0.29, 0.717) is 0 Å². The molecule has 0 atom stereocenters. The smallest absolute Gasteiger partial charge is 0.163 e. The van der Waals surface area contributed by atoms with E-state index in [1.165, 1.54) is 0 Å². The zero-order chi connectivity index (χ0) is 10.1. The van der Waals surface area contributed by atoms with Gasteiger partial charge in [0.05, 0.1) is 0 Å². The van der Waals surface area contributed by atoms with Crippen LogP contribution in [0.25, 0.3) is 16.8 Å². The third-order valence-corrected chi connectivity index (χ3v) is 2.39. The quantitative estimate of drug-likeness (QED) is 0.596. The topological polar surface area (TPSA) is 30.2 Å². The third-order valence-electron chi connectivity index (χ3n) is 2.39. The van der Waals surface area contributed by atoms with Crippen molar-refractivity contribution in [3.05, 3.63) is 55.0 Å². The van der Waals surface area contributed by atoms with Gasteiger partial charge in [0.15, 0.2) is 5.65 Å². The zero-order valence-corrected chi connectivity index (χ0v) is 8.04. The minimum atomic E-state index is 0.892. The molecule has 0 N–H and O–H groups in total. The van der Waals surface area contributed by atoms with Crippen molar-refractivity contribution in [1.29, 1.82) is 0 Å². The number of benzene rings is 1. The Balaban J connectivity index is 2.31. The third kappa shape index (κ3) is 1.29. The van der Waals surface area contributed by atoms with Crippen LogP contribution in [0.5, 0.6) is 0 Å². The first kappa shape index (κ1) is 8.17. The SMILES string of the molecule is c1ccc(-c2cccn3ncnc23)cc1. The fourth-order valence-corrected chi connectivity index (χ4v) is 1.69. The van der Waals surface area contributed by atoms with Gasteiger partial charge in [-0.1, -0.05) is 30.3 Å². The van der Waals surface area contributed by atoms with Crippen LogP contribution in [0.3, 0.4) is 0 Å². The summed E-state index contributed by atoms with van der Waals surface area (Å²) in [5.41, 5.74) is 3.16. The van der Waals surface area contributed by atoms with Crippen molar-refractivity contribution < 1.29 is 0 Å². The molecule has 3 rings (SSSR count). The van der Waals surface area contributed by atoms with E-state index in [9.17, 15) is 0 Å². The predicted molar refractivity (Wildman–Crippen MR) is 58.4 cm³/mol. The highest BCUT2D eigenvalue weighted by atomic mass is 15.3. The standard InChI is InChI=1S/C12H9N3/c1-2-5-10(6-3-1)11-7-4-8-15-12(11)13-9-14-15/h1-9H. The molecule has 0 bridgehead atoms. The molecule has 15 heavy (non-hydrogen) atoms. The number of rotatable bonds is 1. The van der Waals surface area contributed by atoms with E-state index in [1.54, 1.807) is 10.8 Å². The average Bonchev–Trinajstić information content (AvgIpc) is 2.78. The normalized spacial score (nSPS) is 10.7. The fourth-order valence-electron chi connectivity index (χ4n) is 1.69. The molecule has 0 radical (unpaired) electrons. The Morgan fingerprint density at radius 2 is 1.80 bits per heavy atom. The van der Waals surface area contributed by atoms with E-state index in [2.05, 4.69) is 28.3 Å². The number of pyridine rings is 1. The van der Waals surface area contributed by atoms with Gasteiger partial charge in [-0.15, -0.1) is 0 Å². The molecule has 72 valence electrons. The minimum Gasteiger partial charge on any atom is -0.221 e. The molecular weight excluding hydrogens is 186 g/mol. The van der Waals surface area contributed by atoms with Gasteiger partial charge < -0.3 is 0 Å². The first-order valence-corrected chi connectivity index (χ1v) is 4.79. The highest BCUT2D eigenvalue weighted by molar-refractivity contribution is 5.76. The van der Waals surface area contributed by atoms with Gasteiger partial charge in [-0.25, -0.2) is 9.50 Å². The molecule has 2 heterocycles. The molecule has 0 amide bonds. The molecule has 1 aromatic carbocycles. The largest absolute Gasteiger partial charge is 0.221 e. The van der Waals surface area contributed by atoms with Crippen LogP contribution in [-0.2, 0) is 0 Å². The van der Waals surface area contributed by atoms with Crippen LogP contribution in [0.1, 0.15) is 0 Å². The summed E-state index contributed by atoms with van der Waals surface area (Å²) < 4.78 is 1.78. The second-order valence-electron chi connectivity index (χ2n) is 3.32. The molecular formula is C12H9N3. The summed E-state index contributed by atoms with van der Waals surface area (Å²) in [5, 5.41) is 4.11. The van der Waals surface area contributed by atoms with Crippen LogP contribution >= 0.6 is 0 Å². The molecule has 3 aromatic rings. The van der Waals surface area contributed by atoms with Crippen molar-refractivity contribution in [3.8, 4) is 11.1 Å². The highest BCUT2D eigenvalue weighted by Crippen LogP contribution is 2.21. The Hall–Kier alpha value is -2.16.